The summed E-state index contributed by atoms with van der Waals surface area (Å²) in [6, 6.07) is 12.4. The zero-order valence-electron chi connectivity index (χ0n) is 13.5. The molecule has 0 bridgehead atoms. The molecule has 2 N–H and O–H groups in total. The Morgan fingerprint density at radius 3 is 2.54 bits per heavy atom. The zero-order valence-corrected chi connectivity index (χ0v) is 14.4. The van der Waals surface area contributed by atoms with Crippen molar-refractivity contribution in [3.05, 3.63) is 59.9 Å². The number of likely N-dealkylation sites (N-methyl/N-ethyl adjacent to an activating group) is 1. The first kappa shape index (κ1) is 18.1. The largest absolute Gasteiger partial charge is 0.326 e. The Hall–Kier alpha value is -2.25. The molecule has 0 saturated heterocycles. The van der Waals surface area contributed by atoms with Crippen LogP contribution in [-0.4, -0.2) is 34.2 Å². The molecule has 0 aliphatic heterocycles. The number of hydrogen-bond acceptors (Lipinski definition) is 3. The van der Waals surface area contributed by atoms with Gasteiger partial charge in [0.05, 0.1) is 11.9 Å². The normalized spacial score (nSPS) is 12.6. The summed E-state index contributed by atoms with van der Waals surface area (Å²) in [7, 11) is -1.49. The van der Waals surface area contributed by atoms with Gasteiger partial charge in [0.15, 0.2) is 16.4 Å². The van der Waals surface area contributed by atoms with Crippen molar-refractivity contribution >= 4 is 21.4 Å². The SMILES string of the molecule is C[NH+](CC(=O)Nc1cccc(S(C)(=O)=O)c1)Cc1cccc(F)c1. The van der Waals surface area contributed by atoms with E-state index in [1.54, 1.807) is 24.3 Å². The van der Waals surface area contributed by atoms with Gasteiger partial charge >= 0.3 is 0 Å². The first-order chi connectivity index (χ1) is 11.2. The standard InChI is InChI=1S/C17H19FN2O3S/c1-20(11-13-5-3-6-14(18)9-13)12-17(21)19-15-7-4-8-16(10-15)24(2,22)23/h3-10H,11-12H2,1-2H3,(H,19,21)/p+1. The molecular formula is C17H20FN2O3S+. The molecule has 1 atom stereocenters. The van der Waals surface area contributed by atoms with E-state index in [-0.39, 0.29) is 23.2 Å². The summed E-state index contributed by atoms with van der Waals surface area (Å²) in [5.74, 6) is -0.545. The van der Waals surface area contributed by atoms with Crippen LogP contribution < -0.4 is 10.2 Å². The second-order valence-electron chi connectivity index (χ2n) is 5.79. The van der Waals surface area contributed by atoms with Crippen LogP contribution in [-0.2, 0) is 21.2 Å². The van der Waals surface area contributed by atoms with E-state index in [1.165, 1.54) is 24.3 Å². The summed E-state index contributed by atoms with van der Waals surface area (Å²) in [6.07, 6.45) is 1.12. The Kier molecular flexibility index (Phi) is 5.69. The lowest BCUT2D eigenvalue weighted by atomic mass is 10.2. The van der Waals surface area contributed by atoms with Gasteiger partial charge in [-0.25, -0.2) is 12.8 Å². The maximum absolute atomic E-state index is 13.2. The highest BCUT2D eigenvalue weighted by Gasteiger charge is 2.13. The quantitative estimate of drug-likeness (QED) is 0.812. The zero-order chi connectivity index (χ0) is 17.7. The predicted molar refractivity (Wildman–Crippen MR) is 90.0 cm³/mol. The summed E-state index contributed by atoms with van der Waals surface area (Å²) in [6.45, 7) is 0.689. The van der Waals surface area contributed by atoms with E-state index >= 15 is 0 Å². The van der Waals surface area contributed by atoms with Crippen molar-refractivity contribution in [1.29, 1.82) is 0 Å². The average Bonchev–Trinajstić information content (AvgIpc) is 2.46. The Morgan fingerprint density at radius 1 is 1.17 bits per heavy atom. The monoisotopic (exact) mass is 351 g/mol. The van der Waals surface area contributed by atoms with Gasteiger partial charge in [-0.15, -0.1) is 0 Å². The fourth-order valence-electron chi connectivity index (χ4n) is 2.34. The molecule has 1 amide bonds. The minimum atomic E-state index is -3.32. The molecule has 2 aromatic rings. The van der Waals surface area contributed by atoms with Crippen molar-refractivity contribution in [1.82, 2.24) is 0 Å². The second kappa shape index (κ2) is 7.55. The molecule has 0 heterocycles. The number of carbonyl (C=O) groups excluding carboxylic acids is 1. The number of nitrogens with one attached hydrogen (secondary N) is 2. The van der Waals surface area contributed by atoms with E-state index < -0.39 is 9.84 Å². The minimum absolute atomic E-state index is 0.153. The van der Waals surface area contributed by atoms with Crippen molar-refractivity contribution in [2.75, 3.05) is 25.2 Å². The van der Waals surface area contributed by atoms with Gasteiger partial charge in [-0.3, -0.25) is 4.79 Å². The molecule has 5 nitrogen and oxygen atoms in total. The van der Waals surface area contributed by atoms with Gasteiger partial charge in [-0.1, -0.05) is 18.2 Å². The van der Waals surface area contributed by atoms with Crippen molar-refractivity contribution < 1.29 is 22.5 Å². The lowest BCUT2D eigenvalue weighted by Gasteiger charge is -2.14. The van der Waals surface area contributed by atoms with Gasteiger partial charge in [0.25, 0.3) is 5.91 Å². The average molecular weight is 351 g/mol. The predicted octanol–water partition coefficient (Wildman–Crippen LogP) is 0.883. The number of benzene rings is 2. The lowest BCUT2D eigenvalue weighted by Crippen LogP contribution is -3.08. The number of amides is 1. The number of hydrogen-bond donors (Lipinski definition) is 2. The maximum atomic E-state index is 13.2. The molecule has 2 aromatic carbocycles. The third-order valence-electron chi connectivity index (χ3n) is 3.40. The lowest BCUT2D eigenvalue weighted by molar-refractivity contribution is -0.885. The van der Waals surface area contributed by atoms with Crippen molar-refractivity contribution in [2.45, 2.75) is 11.4 Å². The van der Waals surface area contributed by atoms with Crippen molar-refractivity contribution in [2.24, 2.45) is 0 Å². The summed E-state index contributed by atoms with van der Waals surface area (Å²) < 4.78 is 36.2. The molecule has 1 unspecified atom stereocenters. The Morgan fingerprint density at radius 2 is 1.88 bits per heavy atom. The highest BCUT2D eigenvalue weighted by atomic mass is 32.2. The smallest absolute Gasteiger partial charge is 0.279 e. The third kappa shape index (κ3) is 5.43. The van der Waals surface area contributed by atoms with Gasteiger partial charge < -0.3 is 10.2 Å². The molecule has 0 saturated carbocycles. The van der Waals surface area contributed by atoms with Crippen LogP contribution in [0.15, 0.2) is 53.4 Å². The van der Waals surface area contributed by atoms with Crippen LogP contribution in [0.2, 0.25) is 0 Å². The van der Waals surface area contributed by atoms with E-state index in [0.717, 1.165) is 16.7 Å². The molecule has 0 aromatic heterocycles. The first-order valence-electron chi connectivity index (χ1n) is 7.40. The van der Waals surface area contributed by atoms with Crippen LogP contribution in [0, 0.1) is 5.82 Å². The van der Waals surface area contributed by atoms with Crippen LogP contribution in [0.3, 0.4) is 0 Å². The van der Waals surface area contributed by atoms with Gasteiger partial charge in [0, 0.05) is 17.5 Å². The maximum Gasteiger partial charge on any atom is 0.279 e. The highest BCUT2D eigenvalue weighted by Crippen LogP contribution is 2.14. The third-order valence-corrected chi connectivity index (χ3v) is 4.51. The number of carbonyl (C=O) groups is 1. The van der Waals surface area contributed by atoms with Gasteiger partial charge in [-0.2, -0.15) is 0 Å². The first-order valence-corrected chi connectivity index (χ1v) is 9.29. The molecule has 0 aliphatic carbocycles. The molecule has 7 heteroatoms. The molecule has 0 aliphatic rings. The van der Waals surface area contributed by atoms with E-state index in [9.17, 15) is 17.6 Å². The van der Waals surface area contributed by atoms with Crippen LogP contribution in [0.5, 0.6) is 0 Å². The van der Waals surface area contributed by atoms with E-state index in [4.69, 9.17) is 0 Å². The van der Waals surface area contributed by atoms with Crippen LogP contribution in [0.1, 0.15) is 5.56 Å². The highest BCUT2D eigenvalue weighted by molar-refractivity contribution is 7.90. The Bertz CT molecular complexity index is 837. The van der Waals surface area contributed by atoms with Crippen molar-refractivity contribution in [3.8, 4) is 0 Å². The molecule has 0 fully saturated rings. The fourth-order valence-corrected chi connectivity index (χ4v) is 3.01. The Labute approximate surface area is 141 Å². The molecule has 0 spiro atoms. The molecule has 2 rings (SSSR count). The molecule has 128 valence electrons. The topological polar surface area (TPSA) is 67.7 Å². The van der Waals surface area contributed by atoms with Gasteiger partial charge in [0.2, 0.25) is 0 Å². The van der Waals surface area contributed by atoms with E-state index in [1.807, 2.05) is 7.05 Å². The molecule has 24 heavy (non-hydrogen) atoms. The van der Waals surface area contributed by atoms with Gasteiger partial charge in [-0.05, 0) is 30.3 Å². The summed E-state index contributed by atoms with van der Waals surface area (Å²) in [5, 5.41) is 2.68. The summed E-state index contributed by atoms with van der Waals surface area (Å²) in [4.78, 5) is 13.1. The van der Waals surface area contributed by atoms with E-state index in [0.29, 0.717) is 12.2 Å². The number of quaternary nitrogens is 1. The van der Waals surface area contributed by atoms with Gasteiger partial charge in [0.1, 0.15) is 12.4 Å². The van der Waals surface area contributed by atoms with Crippen LogP contribution >= 0.6 is 0 Å². The summed E-state index contributed by atoms with van der Waals surface area (Å²) >= 11 is 0. The van der Waals surface area contributed by atoms with Crippen molar-refractivity contribution in [3.63, 3.8) is 0 Å². The number of halogens is 1. The number of sulfone groups is 1. The molecule has 0 radical (unpaired) electrons. The van der Waals surface area contributed by atoms with Crippen LogP contribution in [0.25, 0.3) is 0 Å². The van der Waals surface area contributed by atoms with Crippen LogP contribution in [0.4, 0.5) is 10.1 Å². The number of rotatable bonds is 6. The number of anilines is 1. The Balaban J connectivity index is 1.95. The minimum Gasteiger partial charge on any atom is -0.326 e. The summed E-state index contributed by atoms with van der Waals surface area (Å²) in [5.41, 5.74) is 1.24. The van der Waals surface area contributed by atoms with E-state index in [2.05, 4.69) is 5.32 Å². The molecular weight excluding hydrogens is 331 g/mol. The fraction of sp³-hybridized carbons (Fsp3) is 0.235. The second-order valence-corrected chi connectivity index (χ2v) is 7.80.